The first-order valence-corrected chi connectivity index (χ1v) is 6.89. The molecule has 0 spiro atoms. The molecule has 1 aromatic heterocycles. The lowest BCUT2D eigenvalue weighted by Gasteiger charge is -2.09. The molecule has 0 fully saturated rings. The van der Waals surface area contributed by atoms with Crippen molar-refractivity contribution in [1.29, 1.82) is 0 Å². The average Bonchev–Trinajstić information content (AvgIpc) is 2.66. The molecular formula is C14H17FN2OS. The van der Waals surface area contributed by atoms with E-state index in [9.17, 15) is 4.39 Å². The molecule has 0 radical (unpaired) electrons. The van der Waals surface area contributed by atoms with Crippen LogP contribution in [0.5, 0.6) is 5.75 Å². The summed E-state index contributed by atoms with van der Waals surface area (Å²) in [5.74, 6) is 0.159. The van der Waals surface area contributed by atoms with Gasteiger partial charge in [0.2, 0.25) is 0 Å². The number of rotatable bonds is 4. The Morgan fingerprint density at radius 2 is 2.16 bits per heavy atom. The minimum absolute atomic E-state index is 0.321. The predicted molar refractivity (Wildman–Crippen MR) is 74.9 cm³/mol. The van der Waals surface area contributed by atoms with Gasteiger partial charge in [-0.3, -0.25) is 0 Å². The lowest BCUT2D eigenvalue weighted by Crippen LogP contribution is -2.07. The van der Waals surface area contributed by atoms with Crippen molar-refractivity contribution in [2.75, 3.05) is 0 Å². The van der Waals surface area contributed by atoms with Gasteiger partial charge in [0.05, 0.1) is 5.69 Å². The Balaban J connectivity index is 2.06. The lowest BCUT2D eigenvalue weighted by molar-refractivity contribution is 0.303. The summed E-state index contributed by atoms with van der Waals surface area (Å²) in [7, 11) is 0. The molecule has 0 bridgehead atoms. The van der Waals surface area contributed by atoms with E-state index in [4.69, 9.17) is 10.5 Å². The van der Waals surface area contributed by atoms with E-state index < -0.39 is 0 Å². The molecule has 0 amide bonds. The minimum atomic E-state index is -0.334. The molecule has 19 heavy (non-hydrogen) atoms. The van der Waals surface area contributed by atoms with Gasteiger partial charge in [0.1, 0.15) is 23.2 Å². The van der Waals surface area contributed by atoms with E-state index >= 15 is 0 Å². The Kier molecular flexibility index (Phi) is 4.17. The number of aromatic nitrogens is 1. The molecule has 0 aliphatic carbocycles. The lowest BCUT2D eigenvalue weighted by atomic mass is 10.1. The molecule has 102 valence electrons. The summed E-state index contributed by atoms with van der Waals surface area (Å²) in [6.07, 6.45) is 0. The van der Waals surface area contributed by atoms with Crippen LogP contribution < -0.4 is 10.5 Å². The Bertz CT molecular complexity index is 561. The molecule has 1 atom stereocenters. The zero-order valence-corrected chi connectivity index (χ0v) is 12.1. The molecule has 5 heteroatoms. The quantitative estimate of drug-likeness (QED) is 0.932. The summed E-state index contributed by atoms with van der Waals surface area (Å²) in [6.45, 7) is 6.09. The fraction of sp³-hybridized carbons (Fsp3) is 0.357. The predicted octanol–water partition coefficient (Wildman–Crippen LogP) is 3.50. The number of halogens is 1. The van der Waals surface area contributed by atoms with Gasteiger partial charge in [-0.15, -0.1) is 11.3 Å². The van der Waals surface area contributed by atoms with E-state index in [0.717, 1.165) is 10.7 Å². The first kappa shape index (κ1) is 14.0. The van der Waals surface area contributed by atoms with E-state index in [1.807, 2.05) is 13.8 Å². The van der Waals surface area contributed by atoms with E-state index in [0.29, 0.717) is 17.9 Å². The molecule has 0 aliphatic heterocycles. The van der Waals surface area contributed by atoms with Gasteiger partial charge < -0.3 is 10.5 Å². The minimum Gasteiger partial charge on any atom is -0.486 e. The summed E-state index contributed by atoms with van der Waals surface area (Å²) in [5.41, 5.74) is 7.17. The second kappa shape index (κ2) is 5.67. The van der Waals surface area contributed by atoms with E-state index in [1.165, 1.54) is 10.9 Å². The Labute approximate surface area is 116 Å². The Hall–Kier alpha value is -1.46. The van der Waals surface area contributed by atoms with Crippen molar-refractivity contribution < 1.29 is 9.13 Å². The maximum absolute atomic E-state index is 13.7. The van der Waals surface area contributed by atoms with Crippen LogP contribution in [0, 0.1) is 19.7 Å². The number of nitrogens with two attached hydrogens (primary N) is 1. The molecule has 2 rings (SSSR count). The van der Waals surface area contributed by atoms with Crippen molar-refractivity contribution in [2.24, 2.45) is 5.73 Å². The van der Waals surface area contributed by atoms with Crippen LogP contribution in [0.4, 0.5) is 4.39 Å². The highest BCUT2D eigenvalue weighted by Crippen LogP contribution is 2.23. The largest absolute Gasteiger partial charge is 0.486 e. The van der Waals surface area contributed by atoms with Crippen LogP contribution in [-0.4, -0.2) is 4.98 Å². The zero-order valence-electron chi connectivity index (χ0n) is 11.2. The second-order valence-electron chi connectivity index (χ2n) is 4.51. The number of nitrogens with zero attached hydrogens (tertiary/aromatic N) is 1. The third-order valence-corrected chi connectivity index (χ3v) is 3.94. The highest BCUT2D eigenvalue weighted by Gasteiger charge is 2.09. The molecule has 1 aromatic carbocycles. The monoisotopic (exact) mass is 280 g/mol. The standard InChI is InChI=1S/C14H17FN2OS/c1-8(16)12-5-4-11(6-13(12)15)18-7-14-17-9(2)10(3)19-14/h4-6,8H,7,16H2,1-3H3. The maximum Gasteiger partial charge on any atom is 0.140 e. The fourth-order valence-corrected chi connectivity index (χ4v) is 2.56. The summed E-state index contributed by atoms with van der Waals surface area (Å²) in [4.78, 5) is 5.55. The normalized spacial score (nSPS) is 12.5. The Morgan fingerprint density at radius 1 is 1.42 bits per heavy atom. The summed E-state index contributed by atoms with van der Waals surface area (Å²) in [6, 6.07) is 4.44. The van der Waals surface area contributed by atoms with Crippen molar-refractivity contribution in [2.45, 2.75) is 33.4 Å². The highest BCUT2D eigenvalue weighted by atomic mass is 32.1. The van der Waals surface area contributed by atoms with Gasteiger partial charge in [-0.2, -0.15) is 0 Å². The smallest absolute Gasteiger partial charge is 0.140 e. The van der Waals surface area contributed by atoms with Crippen molar-refractivity contribution in [3.63, 3.8) is 0 Å². The number of benzene rings is 1. The first-order valence-electron chi connectivity index (χ1n) is 6.08. The molecule has 3 nitrogen and oxygen atoms in total. The number of aryl methyl sites for hydroxylation is 2. The van der Waals surface area contributed by atoms with Gasteiger partial charge in [0.15, 0.2) is 0 Å². The second-order valence-corrected chi connectivity index (χ2v) is 5.80. The molecule has 2 aromatic rings. The van der Waals surface area contributed by atoms with Crippen LogP contribution in [0.1, 0.15) is 34.1 Å². The summed E-state index contributed by atoms with van der Waals surface area (Å²) in [5, 5.41) is 0.895. The SMILES string of the molecule is Cc1nc(COc2ccc(C(C)N)c(F)c2)sc1C. The Morgan fingerprint density at radius 3 is 2.68 bits per heavy atom. The van der Waals surface area contributed by atoms with Crippen LogP contribution >= 0.6 is 11.3 Å². The third kappa shape index (κ3) is 3.30. The first-order chi connectivity index (χ1) is 8.97. The van der Waals surface area contributed by atoms with Gasteiger partial charge in [0, 0.05) is 22.5 Å². The molecule has 0 saturated heterocycles. The van der Waals surface area contributed by atoms with E-state index in [2.05, 4.69) is 4.98 Å². The number of ether oxygens (including phenoxy) is 1. The summed E-state index contributed by atoms with van der Waals surface area (Å²) < 4.78 is 19.3. The van der Waals surface area contributed by atoms with Crippen LogP contribution in [0.2, 0.25) is 0 Å². The fourth-order valence-electron chi connectivity index (χ4n) is 1.71. The van der Waals surface area contributed by atoms with Crippen LogP contribution in [0.15, 0.2) is 18.2 Å². The molecule has 1 heterocycles. The molecule has 0 saturated carbocycles. The van der Waals surface area contributed by atoms with E-state index in [1.54, 1.807) is 30.4 Å². The van der Waals surface area contributed by atoms with Crippen molar-refractivity contribution in [3.05, 3.63) is 45.2 Å². The van der Waals surface area contributed by atoms with Gasteiger partial charge in [-0.25, -0.2) is 9.37 Å². The van der Waals surface area contributed by atoms with Crippen LogP contribution in [0.3, 0.4) is 0 Å². The van der Waals surface area contributed by atoms with Crippen molar-refractivity contribution in [3.8, 4) is 5.75 Å². The number of hydrogen-bond donors (Lipinski definition) is 1. The highest BCUT2D eigenvalue weighted by molar-refractivity contribution is 7.11. The van der Waals surface area contributed by atoms with Crippen LogP contribution in [0.25, 0.3) is 0 Å². The molecule has 2 N–H and O–H groups in total. The van der Waals surface area contributed by atoms with Crippen LogP contribution in [-0.2, 0) is 6.61 Å². The zero-order chi connectivity index (χ0) is 14.0. The van der Waals surface area contributed by atoms with Gasteiger partial charge in [0.25, 0.3) is 0 Å². The van der Waals surface area contributed by atoms with Gasteiger partial charge in [-0.1, -0.05) is 6.07 Å². The molecule has 0 aliphatic rings. The third-order valence-electron chi connectivity index (χ3n) is 2.90. The van der Waals surface area contributed by atoms with E-state index in [-0.39, 0.29) is 11.9 Å². The number of thiazole rings is 1. The van der Waals surface area contributed by atoms with Crippen molar-refractivity contribution >= 4 is 11.3 Å². The molecular weight excluding hydrogens is 263 g/mol. The van der Waals surface area contributed by atoms with Gasteiger partial charge in [-0.05, 0) is 26.8 Å². The molecule has 1 unspecified atom stereocenters. The van der Waals surface area contributed by atoms with Gasteiger partial charge >= 0.3 is 0 Å². The number of hydrogen-bond acceptors (Lipinski definition) is 4. The van der Waals surface area contributed by atoms with Crippen molar-refractivity contribution in [1.82, 2.24) is 4.98 Å². The summed E-state index contributed by atoms with van der Waals surface area (Å²) >= 11 is 1.60. The topological polar surface area (TPSA) is 48.1 Å². The average molecular weight is 280 g/mol. The maximum atomic E-state index is 13.7.